The molecule has 0 amide bonds. The molecule has 5 nitrogen and oxygen atoms in total. The summed E-state index contributed by atoms with van der Waals surface area (Å²) in [5.74, 6) is -0.524. The number of hydrogen-bond donors (Lipinski definition) is 0. The molecule has 0 bridgehead atoms. The summed E-state index contributed by atoms with van der Waals surface area (Å²) >= 11 is 18.1. The van der Waals surface area contributed by atoms with Gasteiger partial charge in [-0.15, -0.1) is 0 Å². The molecule has 1 aromatic carbocycles. The number of carbonyl (C=O) groups excluding carboxylic acids is 1. The van der Waals surface area contributed by atoms with Crippen molar-refractivity contribution < 1.29 is 9.53 Å². The number of rotatable bonds is 4. The maximum atomic E-state index is 11.5. The Bertz CT molecular complexity index is 822. The minimum Gasteiger partial charge on any atom is -0.463 e. The van der Waals surface area contributed by atoms with Gasteiger partial charge in [0.2, 0.25) is 0 Å². The Labute approximate surface area is 147 Å². The van der Waals surface area contributed by atoms with E-state index in [1.807, 2.05) is 6.07 Å². The molecule has 0 saturated carbocycles. The van der Waals surface area contributed by atoms with Crippen LogP contribution in [0.3, 0.4) is 0 Å². The highest BCUT2D eigenvalue weighted by Crippen LogP contribution is 2.35. The lowest BCUT2D eigenvalue weighted by Gasteiger charge is -2.09. The Hall–Kier alpha value is -2.00. The molecule has 23 heavy (non-hydrogen) atoms. The first-order valence-corrected chi connectivity index (χ1v) is 7.59. The Kier molecular flexibility index (Phi) is 5.67. The monoisotopic (exact) mass is 369 g/mol. The van der Waals surface area contributed by atoms with Crippen molar-refractivity contribution in [3.05, 3.63) is 50.7 Å². The molecule has 118 valence electrons. The van der Waals surface area contributed by atoms with E-state index in [1.54, 1.807) is 19.1 Å². The quantitative estimate of drug-likeness (QED) is 0.457. The number of nitrogens with zero attached hydrogens (tertiary/aromatic N) is 3. The lowest BCUT2D eigenvalue weighted by molar-refractivity contribution is -0.137. The van der Waals surface area contributed by atoms with Crippen LogP contribution in [-0.4, -0.2) is 22.4 Å². The first-order chi connectivity index (χ1) is 11.0. The summed E-state index contributed by atoms with van der Waals surface area (Å²) in [5, 5.41) is 14.0. The summed E-state index contributed by atoms with van der Waals surface area (Å²) < 4.78 is 6.22. The molecule has 0 aliphatic rings. The lowest BCUT2D eigenvalue weighted by Crippen LogP contribution is -2.03. The molecule has 0 unspecified atom stereocenters. The van der Waals surface area contributed by atoms with Gasteiger partial charge >= 0.3 is 5.97 Å². The van der Waals surface area contributed by atoms with E-state index < -0.39 is 5.97 Å². The van der Waals surface area contributed by atoms with Crippen molar-refractivity contribution >= 4 is 46.8 Å². The largest absolute Gasteiger partial charge is 0.463 e. The molecule has 8 heteroatoms. The third kappa shape index (κ3) is 3.67. The van der Waals surface area contributed by atoms with E-state index >= 15 is 0 Å². The number of ether oxygens (including phenoxy) is 1. The van der Waals surface area contributed by atoms with E-state index in [1.165, 1.54) is 23.0 Å². The zero-order valence-corrected chi connectivity index (χ0v) is 14.2. The smallest absolute Gasteiger partial charge is 0.330 e. The van der Waals surface area contributed by atoms with E-state index in [-0.39, 0.29) is 22.2 Å². The van der Waals surface area contributed by atoms with Crippen molar-refractivity contribution in [2.24, 2.45) is 0 Å². The van der Waals surface area contributed by atoms with Crippen molar-refractivity contribution in [2.45, 2.75) is 6.92 Å². The lowest BCUT2D eigenvalue weighted by atomic mass is 10.2. The summed E-state index contributed by atoms with van der Waals surface area (Å²) in [6.07, 6.45) is 4.01. The standard InChI is InChI=1S/C15H10Cl3N3O2/c1-2-23-13(22)6-5-11-9(7-19)8-20-21(11)12-4-3-10(16)14(17)15(12)18/h3-6,8H,2H2,1H3/b6-5+. The molecule has 2 aromatic rings. The fraction of sp³-hybridized carbons (Fsp3) is 0.133. The SMILES string of the molecule is CCOC(=O)/C=C/c1c(C#N)cnn1-c1ccc(Cl)c(Cl)c1Cl. The third-order valence-corrected chi connectivity index (χ3v) is 4.12. The first-order valence-electron chi connectivity index (χ1n) is 6.46. The van der Waals surface area contributed by atoms with E-state index in [4.69, 9.17) is 39.5 Å². The summed E-state index contributed by atoms with van der Waals surface area (Å²) in [6.45, 7) is 1.96. The Morgan fingerprint density at radius 3 is 2.78 bits per heavy atom. The average Bonchev–Trinajstić information content (AvgIpc) is 2.94. The van der Waals surface area contributed by atoms with Gasteiger partial charge in [0.1, 0.15) is 6.07 Å². The highest BCUT2D eigenvalue weighted by Gasteiger charge is 2.16. The van der Waals surface area contributed by atoms with Crippen molar-refractivity contribution in [1.82, 2.24) is 9.78 Å². The van der Waals surface area contributed by atoms with Gasteiger partial charge in [-0.2, -0.15) is 10.4 Å². The minimum absolute atomic E-state index is 0.181. The van der Waals surface area contributed by atoms with Gasteiger partial charge in [0.05, 0.1) is 44.8 Å². The van der Waals surface area contributed by atoms with Crippen LogP contribution in [0.5, 0.6) is 0 Å². The average molecular weight is 371 g/mol. The number of hydrogen-bond acceptors (Lipinski definition) is 4. The van der Waals surface area contributed by atoms with Crippen LogP contribution < -0.4 is 0 Å². The van der Waals surface area contributed by atoms with Crippen LogP contribution >= 0.6 is 34.8 Å². The van der Waals surface area contributed by atoms with Crippen LogP contribution in [0.15, 0.2) is 24.4 Å². The van der Waals surface area contributed by atoms with Crippen LogP contribution in [0.2, 0.25) is 15.1 Å². The second-order valence-corrected chi connectivity index (χ2v) is 5.41. The Morgan fingerprint density at radius 1 is 1.39 bits per heavy atom. The number of halogens is 3. The maximum Gasteiger partial charge on any atom is 0.330 e. The predicted molar refractivity (Wildman–Crippen MR) is 89.0 cm³/mol. The Morgan fingerprint density at radius 2 is 2.13 bits per heavy atom. The molecular weight excluding hydrogens is 361 g/mol. The van der Waals surface area contributed by atoms with Crippen LogP contribution in [0.4, 0.5) is 0 Å². The molecule has 1 heterocycles. The van der Waals surface area contributed by atoms with Crippen LogP contribution in [0.25, 0.3) is 11.8 Å². The summed E-state index contributed by atoms with van der Waals surface area (Å²) in [6, 6.07) is 5.18. The van der Waals surface area contributed by atoms with E-state index in [2.05, 4.69) is 5.10 Å². The van der Waals surface area contributed by atoms with Crippen molar-refractivity contribution in [3.63, 3.8) is 0 Å². The maximum absolute atomic E-state index is 11.5. The van der Waals surface area contributed by atoms with Crippen LogP contribution in [0, 0.1) is 11.3 Å². The topological polar surface area (TPSA) is 67.9 Å². The number of benzene rings is 1. The molecule has 0 N–H and O–H groups in total. The van der Waals surface area contributed by atoms with Crippen LogP contribution in [0.1, 0.15) is 18.2 Å². The molecule has 2 rings (SSSR count). The van der Waals surface area contributed by atoms with Gasteiger partial charge in [-0.05, 0) is 25.1 Å². The van der Waals surface area contributed by atoms with Gasteiger partial charge in [0.15, 0.2) is 0 Å². The highest BCUT2D eigenvalue weighted by atomic mass is 35.5. The normalized spacial score (nSPS) is 10.7. The second kappa shape index (κ2) is 7.51. The molecule has 1 aromatic heterocycles. The zero-order valence-electron chi connectivity index (χ0n) is 11.9. The summed E-state index contributed by atoms with van der Waals surface area (Å²) in [4.78, 5) is 11.5. The molecule has 0 spiro atoms. The fourth-order valence-corrected chi connectivity index (χ4v) is 2.42. The molecule has 0 aliphatic heterocycles. The second-order valence-electron chi connectivity index (χ2n) is 4.25. The minimum atomic E-state index is -0.524. The molecule has 0 fully saturated rings. The predicted octanol–water partition coefficient (Wildman–Crippen LogP) is 4.28. The van der Waals surface area contributed by atoms with Gasteiger partial charge in [-0.3, -0.25) is 0 Å². The van der Waals surface area contributed by atoms with Crippen molar-refractivity contribution in [1.29, 1.82) is 5.26 Å². The molecule has 0 radical (unpaired) electrons. The van der Waals surface area contributed by atoms with Gasteiger partial charge < -0.3 is 4.74 Å². The molecule has 0 aliphatic carbocycles. The molecular formula is C15H10Cl3N3O2. The number of nitriles is 1. The summed E-state index contributed by atoms with van der Waals surface area (Å²) in [5.41, 5.74) is 1.08. The Balaban J connectivity index is 2.53. The highest BCUT2D eigenvalue weighted by molar-refractivity contribution is 6.48. The van der Waals surface area contributed by atoms with Gasteiger partial charge in [0.25, 0.3) is 0 Å². The van der Waals surface area contributed by atoms with Crippen molar-refractivity contribution in [3.8, 4) is 11.8 Å². The zero-order chi connectivity index (χ0) is 17.0. The third-order valence-electron chi connectivity index (χ3n) is 2.83. The van der Waals surface area contributed by atoms with Crippen LogP contribution in [-0.2, 0) is 9.53 Å². The van der Waals surface area contributed by atoms with E-state index in [9.17, 15) is 10.1 Å². The van der Waals surface area contributed by atoms with Gasteiger partial charge in [0, 0.05) is 6.08 Å². The molecule has 0 saturated heterocycles. The van der Waals surface area contributed by atoms with Crippen molar-refractivity contribution in [2.75, 3.05) is 6.61 Å². The number of aromatic nitrogens is 2. The van der Waals surface area contributed by atoms with E-state index in [0.29, 0.717) is 16.4 Å². The number of esters is 1. The fourth-order valence-electron chi connectivity index (χ4n) is 1.81. The van der Waals surface area contributed by atoms with Gasteiger partial charge in [-0.25, -0.2) is 9.48 Å². The first kappa shape index (κ1) is 17.4. The number of carbonyl (C=O) groups is 1. The molecule has 0 atom stereocenters. The van der Waals surface area contributed by atoms with E-state index in [0.717, 1.165) is 0 Å². The summed E-state index contributed by atoms with van der Waals surface area (Å²) in [7, 11) is 0. The van der Waals surface area contributed by atoms with Gasteiger partial charge in [-0.1, -0.05) is 34.8 Å².